The van der Waals surface area contributed by atoms with Crippen LogP contribution in [0.25, 0.3) is 12.2 Å². The van der Waals surface area contributed by atoms with Crippen molar-refractivity contribution in [3.8, 4) is 17.2 Å². The fraction of sp³-hybridized carbons (Fsp3) is 0.103. The van der Waals surface area contributed by atoms with Crippen LogP contribution in [0.4, 0.5) is 0 Å². The number of pyridine rings is 1. The van der Waals surface area contributed by atoms with E-state index in [4.69, 9.17) is 19.3 Å². The van der Waals surface area contributed by atoms with Crippen molar-refractivity contribution in [3.05, 3.63) is 120 Å². The Labute approximate surface area is 204 Å². The van der Waals surface area contributed by atoms with E-state index in [-0.39, 0.29) is 0 Å². The Kier molecular flexibility index (Phi) is 8.11. The van der Waals surface area contributed by atoms with E-state index in [1.54, 1.807) is 12.1 Å². The fourth-order valence-electron chi connectivity index (χ4n) is 3.24. The molecule has 0 spiro atoms. The van der Waals surface area contributed by atoms with Gasteiger partial charge in [-0.1, -0.05) is 66.7 Å². The maximum absolute atomic E-state index is 10.6. The number of rotatable bonds is 11. The molecule has 0 unspecified atom stereocenters. The number of benzene rings is 3. The third-order valence-electron chi connectivity index (χ3n) is 4.97. The van der Waals surface area contributed by atoms with Gasteiger partial charge in [0.15, 0.2) is 6.61 Å². The molecule has 0 aliphatic carbocycles. The van der Waals surface area contributed by atoms with Crippen molar-refractivity contribution < 1.29 is 24.1 Å². The number of carbonyl (C=O) groups is 1. The first kappa shape index (κ1) is 23.6. The van der Waals surface area contributed by atoms with Crippen LogP contribution in [0, 0.1) is 0 Å². The molecule has 0 saturated heterocycles. The van der Waals surface area contributed by atoms with Crippen molar-refractivity contribution in [1.82, 2.24) is 4.98 Å². The molecule has 1 aromatic heterocycles. The lowest BCUT2D eigenvalue weighted by Gasteiger charge is -2.12. The summed E-state index contributed by atoms with van der Waals surface area (Å²) in [6.45, 7) is 0.495. The first-order valence-corrected chi connectivity index (χ1v) is 11.1. The molecule has 0 fully saturated rings. The lowest BCUT2D eigenvalue weighted by molar-refractivity contribution is -0.139. The molecule has 0 aliphatic heterocycles. The first-order chi connectivity index (χ1) is 17.1. The van der Waals surface area contributed by atoms with Crippen molar-refractivity contribution in [3.63, 3.8) is 0 Å². The quantitative estimate of drug-likeness (QED) is 0.297. The average molecular weight is 468 g/mol. The van der Waals surface area contributed by atoms with Gasteiger partial charge in [0.2, 0.25) is 0 Å². The van der Waals surface area contributed by atoms with Crippen molar-refractivity contribution >= 4 is 18.1 Å². The van der Waals surface area contributed by atoms with Gasteiger partial charge in [-0.05, 0) is 47.0 Å². The summed E-state index contributed by atoms with van der Waals surface area (Å²) in [6.07, 6.45) is 5.28. The summed E-state index contributed by atoms with van der Waals surface area (Å²) in [4.78, 5) is 14.9. The molecule has 35 heavy (non-hydrogen) atoms. The van der Waals surface area contributed by atoms with E-state index in [0.29, 0.717) is 36.2 Å². The van der Waals surface area contributed by atoms with Crippen LogP contribution in [0.1, 0.15) is 22.4 Å². The number of carboxylic acids is 1. The summed E-state index contributed by atoms with van der Waals surface area (Å²) in [6, 6.07) is 29.2. The number of hydrogen-bond donors (Lipinski definition) is 1. The molecule has 176 valence electrons. The van der Waals surface area contributed by atoms with E-state index in [9.17, 15) is 4.79 Å². The van der Waals surface area contributed by atoms with Gasteiger partial charge >= 0.3 is 5.97 Å². The zero-order valence-corrected chi connectivity index (χ0v) is 19.0. The average Bonchev–Trinajstić information content (AvgIpc) is 2.90. The van der Waals surface area contributed by atoms with Crippen molar-refractivity contribution in [1.29, 1.82) is 0 Å². The zero-order valence-electron chi connectivity index (χ0n) is 19.0. The number of aliphatic carboxylic acids is 1. The Morgan fingerprint density at radius 1 is 0.714 bits per heavy atom. The van der Waals surface area contributed by atoms with Crippen LogP contribution >= 0.6 is 0 Å². The Morgan fingerprint density at radius 3 is 1.83 bits per heavy atom. The van der Waals surface area contributed by atoms with Gasteiger partial charge in [-0.25, -0.2) is 4.79 Å². The molecule has 1 N–H and O–H groups in total. The first-order valence-electron chi connectivity index (χ1n) is 11.1. The molecular formula is C29H25NO5. The Bertz CT molecular complexity index is 1190. The monoisotopic (exact) mass is 467 g/mol. The second-order valence-electron chi connectivity index (χ2n) is 7.72. The molecule has 0 radical (unpaired) electrons. The van der Waals surface area contributed by atoms with Gasteiger partial charge in [0, 0.05) is 6.07 Å². The molecule has 1 heterocycles. The Morgan fingerprint density at radius 2 is 1.31 bits per heavy atom. The number of nitrogens with zero attached hydrogens (tertiary/aromatic N) is 1. The molecule has 3 aromatic carbocycles. The zero-order chi connectivity index (χ0) is 24.3. The van der Waals surface area contributed by atoms with Gasteiger partial charge < -0.3 is 19.3 Å². The largest absolute Gasteiger partial charge is 0.489 e. The molecule has 6 heteroatoms. The second kappa shape index (κ2) is 12.0. The Balaban J connectivity index is 1.49. The van der Waals surface area contributed by atoms with Crippen LogP contribution in [0.3, 0.4) is 0 Å². The molecule has 0 bridgehead atoms. The molecule has 0 saturated carbocycles. The van der Waals surface area contributed by atoms with Gasteiger partial charge in [0.1, 0.15) is 30.5 Å². The normalized spacial score (nSPS) is 10.7. The highest BCUT2D eigenvalue weighted by molar-refractivity contribution is 5.70. The van der Waals surface area contributed by atoms with Crippen LogP contribution < -0.4 is 14.2 Å². The number of carboxylic acid groups (broad SMARTS) is 1. The SMILES string of the molecule is O=C(O)COc1ccc(/C=C/c2cc(OCc3ccccc3)cc(OCc3ccccc3)c2)nc1. The van der Waals surface area contributed by atoms with E-state index in [2.05, 4.69) is 4.98 Å². The summed E-state index contributed by atoms with van der Waals surface area (Å²) in [7, 11) is 0. The standard InChI is InChI=1S/C29H25NO5/c31-29(32)21-35-26-14-13-25(30-18-26)12-11-24-15-27(33-19-22-7-3-1-4-8-22)17-28(16-24)34-20-23-9-5-2-6-10-23/h1-18H,19-21H2,(H,31,32)/b12-11+. The van der Waals surface area contributed by atoms with Gasteiger partial charge in [0.05, 0.1) is 11.9 Å². The minimum Gasteiger partial charge on any atom is -0.489 e. The summed E-state index contributed by atoms with van der Waals surface area (Å²) >= 11 is 0. The van der Waals surface area contributed by atoms with Gasteiger partial charge in [-0.3, -0.25) is 4.98 Å². The summed E-state index contributed by atoms with van der Waals surface area (Å²) in [5.74, 6) is 0.764. The fourth-order valence-corrected chi connectivity index (χ4v) is 3.24. The smallest absolute Gasteiger partial charge is 0.341 e. The highest BCUT2D eigenvalue weighted by Gasteiger charge is 2.05. The van der Waals surface area contributed by atoms with Crippen molar-refractivity contribution in [2.24, 2.45) is 0 Å². The van der Waals surface area contributed by atoms with Crippen LogP contribution in [0.15, 0.2) is 97.2 Å². The maximum Gasteiger partial charge on any atom is 0.341 e. The number of hydrogen-bond acceptors (Lipinski definition) is 5. The minimum absolute atomic E-state index is 0.400. The van der Waals surface area contributed by atoms with Crippen LogP contribution in [0.5, 0.6) is 17.2 Å². The van der Waals surface area contributed by atoms with Crippen LogP contribution in [-0.2, 0) is 18.0 Å². The van der Waals surface area contributed by atoms with Crippen LogP contribution in [-0.4, -0.2) is 22.7 Å². The van der Waals surface area contributed by atoms with Gasteiger partial charge in [0.25, 0.3) is 0 Å². The molecule has 6 nitrogen and oxygen atoms in total. The Hall–Kier alpha value is -4.58. The molecule has 0 aliphatic rings. The lowest BCUT2D eigenvalue weighted by Crippen LogP contribution is -2.09. The second-order valence-corrected chi connectivity index (χ2v) is 7.72. The van der Waals surface area contributed by atoms with E-state index < -0.39 is 12.6 Å². The molecular weight excluding hydrogens is 442 g/mol. The van der Waals surface area contributed by atoms with Crippen molar-refractivity contribution in [2.75, 3.05) is 6.61 Å². The predicted octanol–water partition coefficient (Wildman–Crippen LogP) is 5.87. The molecule has 0 atom stereocenters. The van der Waals surface area contributed by atoms with Gasteiger partial charge in [-0.2, -0.15) is 0 Å². The van der Waals surface area contributed by atoms with Crippen LogP contribution in [0.2, 0.25) is 0 Å². The summed E-state index contributed by atoms with van der Waals surface area (Å²) in [5.41, 5.74) is 3.76. The molecule has 4 rings (SSSR count). The number of aromatic nitrogens is 1. The van der Waals surface area contributed by atoms with Crippen molar-refractivity contribution in [2.45, 2.75) is 13.2 Å². The lowest BCUT2D eigenvalue weighted by atomic mass is 10.1. The third-order valence-corrected chi connectivity index (χ3v) is 4.97. The number of ether oxygens (including phenoxy) is 3. The molecule has 4 aromatic rings. The summed E-state index contributed by atoms with van der Waals surface area (Å²) < 4.78 is 17.2. The summed E-state index contributed by atoms with van der Waals surface area (Å²) in [5, 5.41) is 8.71. The van der Waals surface area contributed by atoms with E-state index >= 15 is 0 Å². The topological polar surface area (TPSA) is 77.9 Å². The van der Waals surface area contributed by atoms with Gasteiger partial charge in [-0.15, -0.1) is 0 Å². The third kappa shape index (κ3) is 7.75. The highest BCUT2D eigenvalue weighted by Crippen LogP contribution is 2.26. The highest BCUT2D eigenvalue weighted by atomic mass is 16.5. The predicted molar refractivity (Wildman–Crippen MR) is 134 cm³/mol. The molecule has 0 amide bonds. The van der Waals surface area contributed by atoms with E-state index in [1.807, 2.05) is 91.0 Å². The minimum atomic E-state index is -1.03. The van der Waals surface area contributed by atoms with E-state index in [0.717, 1.165) is 16.7 Å². The maximum atomic E-state index is 10.6. The van der Waals surface area contributed by atoms with E-state index in [1.165, 1.54) is 6.20 Å².